The number of hydrogen-bond acceptors (Lipinski definition) is 3. The molecule has 0 aromatic carbocycles. The van der Waals surface area contributed by atoms with Crippen LogP contribution in [0, 0.1) is 5.92 Å². The number of amides is 1. The minimum Gasteiger partial charge on any atom is -0.354 e. The number of hydrogen-bond donors (Lipinski definition) is 2. The first-order valence-electron chi connectivity index (χ1n) is 5.84. The monoisotopic (exact) mass is 246 g/mol. The molecule has 0 aromatic heterocycles. The smallest absolute Gasteiger partial charge is 0.237 e. The first-order valence-corrected chi connectivity index (χ1v) is 7.46. The van der Waals surface area contributed by atoms with E-state index in [2.05, 4.69) is 17.6 Å². The van der Waals surface area contributed by atoms with E-state index in [9.17, 15) is 9.00 Å². The van der Waals surface area contributed by atoms with Crippen LogP contribution in [0.15, 0.2) is 0 Å². The van der Waals surface area contributed by atoms with Gasteiger partial charge in [-0.3, -0.25) is 9.00 Å². The Morgan fingerprint density at radius 3 is 2.88 bits per heavy atom. The number of piperidine rings is 1. The Kier molecular flexibility index (Phi) is 5.41. The van der Waals surface area contributed by atoms with E-state index >= 15 is 0 Å². The lowest BCUT2D eigenvalue weighted by atomic mass is 9.94. The summed E-state index contributed by atoms with van der Waals surface area (Å²) in [5.74, 6) is 0.651. The quantitative estimate of drug-likeness (QED) is 0.748. The highest BCUT2D eigenvalue weighted by Gasteiger charge is 2.24. The maximum absolute atomic E-state index is 11.8. The SMILES string of the molecule is CC1CCNC(C(=O)NCC(C)S(C)=O)C1. The summed E-state index contributed by atoms with van der Waals surface area (Å²) in [6, 6.07) is -0.0683. The molecule has 1 saturated heterocycles. The van der Waals surface area contributed by atoms with E-state index < -0.39 is 10.8 Å². The van der Waals surface area contributed by atoms with Crippen LogP contribution in [0.4, 0.5) is 0 Å². The van der Waals surface area contributed by atoms with Crippen LogP contribution < -0.4 is 10.6 Å². The van der Waals surface area contributed by atoms with E-state index in [0.717, 1.165) is 19.4 Å². The standard InChI is InChI=1S/C11H22N2O2S/c1-8-4-5-12-10(6-8)11(14)13-7-9(2)16(3)15/h8-10,12H,4-7H2,1-3H3,(H,13,14). The molecule has 16 heavy (non-hydrogen) atoms. The van der Waals surface area contributed by atoms with Crippen molar-refractivity contribution in [1.82, 2.24) is 10.6 Å². The van der Waals surface area contributed by atoms with Gasteiger partial charge in [0.2, 0.25) is 5.91 Å². The second-order valence-electron chi connectivity index (χ2n) is 4.69. The Morgan fingerprint density at radius 1 is 1.62 bits per heavy atom. The molecule has 0 aliphatic carbocycles. The molecule has 1 aliphatic rings. The third kappa shape index (κ3) is 4.22. The molecule has 1 aliphatic heterocycles. The molecular formula is C11H22N2O2S. The molecule has 0 radical (unpaired) electrons. The third-order valence-electron chi connectivity index (χ3n) is 3.11. The molecule has 4 unspecified atom stereocenters. The van der Waals surface area contributed by atoms with Gasteiger partial charge in [0.05, 0.1) is 6.04 Å². The summed E-state index contributed by atoms with van der Waals surface area (Å²) >= 11 is 0. The molecule has 94 valence electrons. The van der Waals surface area contributed by atoms with Crippen LogP contribution in [-0.2, 0) is 15.6 Å². The molecule has 4 atom stereocenters. The fourth-order valence-corrected chi connectivity index (χ4v) is 2.11. The Labute approximate surface area is 100 Å². The van der Waals surface area contributed by atoms with Gasteiger partial charge in [0.1, 0.15) is 0 Å². The maximum Gasteiger partial charge on any atom is 0.237 e. The van der Waals surface area contributed by atoms with Crippen molar-refractivity contribution in [1.29, 1.82) is 0 Å². The zero-order chi connectivity index (χ0) is 12.1. The van der Waals surface area contributed by atoms with E-state index in [1.165, 1.54) is 0 Å². The van der Waals surface area contributed by atoms with E-state index in [1.807, 2.05) is 6.92 Å². The van der Waals surface area contributed by atoms with Gasteiger partial charge >= 0.3 is 0 Å². The van der Waals surface area contributed by atoms with Gasteiger partial charge in [-0.15, -0.1) is 0 Å². The average molecular weight is 246 g/mol. The fourth-order valence-electron chi connectivity index (χ4n) is 1.79. The van der Waals surface area contributed by atoms with Gasteiger partial charge in [-0.25, -0.2) is 0 Å². The third-order valence-corrected chi connectivity index (χ3v) is 4.41. The second kappa shape index (κ2) is 6.35. The Hall–Kier alpha value is -0.420. The van der Waals surface area contributed by atoms with Crippen LogP contribution in [-0.4, -0.2) is 40.8 Å². The van der Waals surface area contributed by atoms with E-state index in [4.69, 9.17) is 0 Å². The molecule has 4 nitrogen and oxygen atoms in total. The first kappa shape index (κ1) is 13.6. The topological polar surface area (TPSA) is 58.2 Å². The van der Waals surface area contributed by atoms with Crippen molar-refractivity contribution in [3.8, 4) is 0 Å². The number of carbonyl (C=O) groups is 1. The minimum atomic E-state index is -0.874. The number of nitrogens with one attached hydrogen (secondary N) is 2. The summed E-state index contributed by atoms with van der Waals surface area (Å²) in [6.07, 6.45) is 3.70. The van der Waals surface area contributed by atoms with Gasteiger partial charge in [0.15, 0.2) is 0 Å². The average Bonchev–Trinajstić information content (AvgIpc) is 2.25. The van der Waals surface area contributed by atoms with Crippen LogP contribution in [0.25, 0.3) is 0 Å². The zero-order valence-corrected chi connectivity index (χ0v) is 11.1. The maximum atomic E-state index is 11.8. The summed E-state index contributed by atoms with van der Waals surface area (Å²) in [4.78, 5) is 11.8. The minimum absolute atomic E-state index is 0.0185. The molecular weight excluding hydrogens is 224 g/mol. The molecule has 2 N–H and O–H groups in total. The van der Waals surface area contributed by atoms with Crippen LogP contribution in [0.5, 0.6) is 0 Å². The van der Waals surface area contributed by atoms with Gasteiger partial charge < -0.3 is 10.6 Å². The lowest BCUT2D eigenvalue weighted by molar-refractivity contribution is -0.123. The van der Waals surface area contributed by atoms with Crippen molar-refractivity contribution in [2.75, 3.05) is 19.3 Å². The van der Waals surface area contributed by atoms with Crippen molar-refractivity contribution in [2.45, 2.75) is 38.0 Å². The Morgan fingerprint density at radius 2 is 2.31 bits per heavy atom. The van der Waals surface area contributed by atoms with Crippen LogP contribution in [0.2, 0.25) is 0 Å². The van der Waals surface area contributed by atoms with Crippen molar-refractivity contribution >= 4 is 16.7 Å². The van der Waals surface area contributed by atoms with E-state index in [0.29, 0.717) is 12.5 Å². The van der Waals surface area contributed by atoms with Gasteiger partial charge in [0, 0.05) is 28.9 Å². The van der Waals surface area contributed by atoms with Gasteiger partial charge in [-0.05, 0) is 32.2 Å². The lowest BCUT2D eigenvalue weighted by Gasteiger charge is -2.27. The summed E-state index contributed by atoms with van der Waals surface area (Å²) in [6.45, 7) is 5.46. The van der Waals surface area contributed by atoms with Crippen molar-refractivity contribution < 1.29 is 9.00 Å². The van der Waals surface area contributed by atoms with Crippen molar-refractivity contribution in [3.05, 3.63) is 0 Å². The highest BCUT2D eigenvalue weighted by molar-refractivity contribution is 7.84. The normalized spacial score (nSPS) is 29.4. The predicted molar refractivity (Wildman–Crippen MR) is 66.7 cm³/mol. The molecule has 1 heterocycles. The van der Waals surface area contributed by atoms with Crippen molar-refractivity contribution in [2.24, 2.45) is 5.92 Å². The first-order chi connectivity index (χ1) is 7.50. The molecule has 0 saturated carbocycles. The van der Waals surface area contributed by atoms with Crippen LogP contribution in [0.3, 0.4) is 0 Å². The molecule has 1 amide bonds. The molecule has 1 fully saturated rings. The zero-order valence-electron chi connectivity index (χ0n) is 10.3. The Balaban J connectivity index is 2.31. The molecule has 1 rings (SSSR count). The van der Waals surface area contributed by atoms with E-state index in [1.54, 1.807) is 6.26 Å². The molecule has 0 bridgehead atoms. The van der Waals surface area contributed by atoms with Gasteiger partial charge in [0.25, 0.3) is 0 Å². The van der Waals surface area contributed by atoms with Crippen molar-refractivity contribution in [3.63, 3.8) is 0 Å². The predicted octanol–water partition coefficient (Wildman–Crippen LogP) is 0.258. The van der Waals surface area contributed by atoms with E-state index in [-0.39, 0.29) is 17.2 Å². The Bertz CT molecular complexity index is 271. The number of rotatable bonds is 4. The van der Waals surface area contributed by atoms with Crippen LogP contribution >= 0.6 is 0 Å². The lowest BCUT2D eigenvalue weighted by Crippen LogP contribution is -2.49. The second-order valence-corrected chi connectivity index (χ2v) is 6.49. The highest BCUT2D eigenvalue weighted by Crippen LogP contribution is 2.14. The molecule has 0 aromatic rings. The summed E-state index contributed by atoms with van der Waals surface area (Å²) < 4.78 is 11.1. The summed E-state index contributed by atoms with van der Waals surface area (Å²) in [5.41, 5.74) is 0. The fraction of sp³-hybridized carbons (Fsp3) is 0.909. The van der Waals surface area contributed by atoms with Crippen LogP contribution in [0.1, 0.15) is 26.7 Å². The number of carbonyl (C=O) groups excluding carboxylic acids is 1. The van der Waals surface area contributed by atoms with Gasteiger partial charge in [-0.2, -0.15) is 0 Å². The molecule has 0 spiro atoms. The molecule has 5 heteroatoms. The summed E-state index contributed by atoms with van der Waals surface area (Å²) in [7, 11) is -0.874. The highest BCUT2D eigenvalue weighted by atomic mass is 32.2. The largest absolute Gasteiger partial charge is 0.354 e. The van der Waals surface area contributed by atoms with Gasteiger partial charge in [-0.1, -0.05) is 6.92 Å². The summed E-state index contributed by atoms with van der Waals surface area (Å²) in [5, 5.41) is 6.09.